The number of hydrogen-bond acceptors (Lipinski definition) is 4. The van der Waals surface area contributed by atoms with Crippen molar-refractivity contribution in [1.82, 2.24) is 0 Å². The molecule has 1 atom stereocenters. The first kappa shape index (κ1) is 17.7. The summed E-state index contributed by atoms with van der Waals surface area (Å²) in [4.78, 5) is 20.4. The summed E-state index contributed by atoms with van der Waals surface area (Å²) in [6, 6.07) is 7.58. The first-order valence-electron chi connectivity index (χ1n) is 6.93. The topological polar surface area (TPSA) is 99.2 Å². The van der Waals surface area contributed by atoms with Crippen molar-refractivity contribution in [3.05, 3.63) is 41.5 Å². The molecule has 1 saturated heterocycles. The number of aryl methyl sites for hydroxylation is 1. The number of para-hydroxylation sites is 1. The zero-order valence-corrected chi connectivity index (χ0v) is 12.7. The van der Waals surface area contributed by atoms with E-state index in [1.54, 1.807) is 13.0 Å². The Bertz CT molecular complexity index is 549. The Morgan fingerprint density at radius 3 is 2.50 bits per heavy atom. The monoisotopic (exact) mass is 307 g/mol. The van der Waals surface area contributed by atoms with E-state index in [2.05, 4.69) is 5.32 Å². The number of aliphatic carboxylic acids is 2. The number of carboxylic acid groups (broad SMARTS) is 2. The standard InChI is InChI=1S/C9H11NO2.C7H10O3/c1-7-4-2-3-5-8(7)10-6-9(11)12;1-5(7(8)9)2-3-6-4-10-6/h2-5,10H,6H2,1H3,(H,11,12);2,6H,3-4H2,1H3,(H,8,9). The maximum atomic E-state index is 10.2. The van der Waals surface area contributed by atoms with Gasteiger partial charge in [-0.3, -0.25) is 4.79 Å². The largest absolute Gasteiger partial charge is 0.480 e. The fourth-order valence-corrected chi connectivity index (χ4v) is 1.54. The molecule has 6 heteroatoms. The summed E-state index contributed by atoms with van der Waals surface area (Å²) in [6.45, 7) is 4.27. The van der Waals surface area contributed by atoms with Gasteiger partial charge in [0.05, 0.1) is 12.7 Å². The molecule has 22 heavy (non-hydrogen) atoms. The number of anilines is 1. The molecule has 1 heterocycles. The highest BCUT2D eigenvalue weighted by atomic mass is 16.6. The molecule has 6 nitrogen and oxygen atoms in total. The molecule has 1 aliphatic heterocycles. The van der Waals surface area contributed by atoms with Gasteiger partial charge in [0.15, 0.2) is 0 Å². The molecule has 0 aliphatic carbocycles. The summed E-state index contributed by atoms with van der Waals surface area (Å²) in [5.41, 5.74) is 2.33. The van der Waals surface area contributed by atoms with E-state index in [0.29, 0.717) is 5.57 Å². The second-order valence-corrected chi connectivity index (χ2v) is 4.95. The van der Waals surface area contributed by atoms with E-state index in [1.807, 2.05) is 31.2 Å². The summed E-state index contributed by atoms with van der Waals surface area (Å²) in [6.07, 6.45) is 2.72. The number of nitrogens with one attached hydrogen (secondary N) is 1. The number of carboxylic acids is 2. The third kappa shape index (κ3) is 7.44. The number of epoxide rings is 1. The number of benzene rings is 1. The predicted octanol–water partition coefficient (Wildman–Crippen LogP) is 2.30. The van der Waals surface area contributed by atoms with Gasteiger partial charge in [-0.2, -0.15) is 0 Å². The van der Waals surface area contributed by atoms with Gasteiger partial charge in [0.2, 0.25) is 0 Å². The molecule has 3 N–H and O–H groups in total. The zero-order valence-electron chi connectivity index (χ0n) is 12.7. The van der Waals surface area contributed by atoms with Crippen molar-refractivity contribution in [2.24, 2.45) is 0 Å². The van der Waals surface area contributed by atoms with E-state index in [0.717, 1.165) is 24.3 Å². The van der Waals surface area contributed by atoms with Crippen LogP contribution in [0.1, 0.15) is 18.9 Å². The van der Waals surface area contributed by atoms with Crippen LogP contribution in [0.15, 0.2) is 35.9 Å². The summed E-state index contributed by atoms with van der Waals surface area (Å²) < 4.78 is 4.90. The Balaban J connectivity index is 0.000000224. The van der Waals surface area contributed by atoms with Gasteiger partial charge in [0.25, 0.3) is 0 Å². The van der Waals surface area contributed by atoms with Crippen LogP contribution < -0.4 is 5.32 Å². The Labute approximate surface area is 129 Å². The number of hydrogen-bond donors (Lipinski definition) is 3. The smallest absolute Gasteiger partial charge is 0.330 e. The third-order valence-electron chi connectivity index (χ3n) is 3.00. The van der Waals surface area contributed by atoms with Crippen LogP contribution in [0.25, 0.3) is 0 Å². The van der Waals surface area contributed by atoms with Crippen LogP contribution in [-0.2, 0) is 14.3 Å². The van der Waals surface area contributed by atoms with Gasteiger partial charge in [0, 0.05) is 11.3 Å². The second-order valence-electron chi connectivity index (χ2n) is 4.95. The SMILES string of the molecule is CC(=CCC1CO1)C(=O)O.Cc1ccccc1NCC(=O)O. The Hall–Kier alpha value is -2.34. The van der Waals surface area contributed by atoms with Crippen molar-refractivity contribution < 1.29 is 24.5 Å². The number of rotatable bonds is 6. The minimum absolute atomic E-state index is 0.0369. The molecule has 0 spiro atoms. The van der Waals surface area contributed by atoms with Crippen molar-refractivity contribution in [1.29, 1.82) is 0 Å². The minimum atomic E-state index is -0.849. The highest BCUT2D eigenvalue weighted by Gasteiger charge is 2.20. The molecule has 1 unspecified atom stereocenters. The normalized spacial score (nSPS) is 16.3. The van der Waals surface area contributed by atoms with E-state index >= 15 is 0 Å². The maximum absolute atomic E-state index is 10.2. The quantitative estimate of drug-likeness (QED) is 0.551. The molecule has 1 aromatic carbocycles. The molecule has 2 rings (SSSR count). The van der Waals surface area contributed by atoms with E-state index < -0.39 is 11.9 Å². The third-order valence-corrected chi connectivity index (χ3v) is 3.00. The molecule has 1 fully saturated rings. The van der Waals surface area contributed by atoms with E-state index in [9.17, 15) is 9.59 Å². The van der Waals surface area contributed by atoms with Gasteiger partial charge in [0.1, 0.15) is 6.54 Å². The van der Waals surface area contributed by atoms with Gasteiger partial charge in [-0.15, -0.1) is 0 Å². The van der Waals surface area contributed by atoms with Crippen LogP contribution >= 0.6 is 0 Å². The van der Waals surface area contributed by atoms with Crippen LogP contribution in [0.4, 0.5) is 5.69 Å². The van der Waals surface area contributed by atoms with Gasteiger partial charge in [-0.25, -0.2) is 4.79 Å². The summed E-state index contributed by atoms with van der Waals surface area (Å²) in [7, 11) is 0. The van der Waals surface area contributed by atoms with Crippen LogP contribution in [0.2, 0.25) is 0 Å². The Morgan fingerprint density at radius 1 is 1.36 bits per heavy atom. The van der Waals surface area contributed by atoms with Crippen LogP contribution in [0.3, 0.4) is 0 Å². The lowest BCUT2D eigenvalue weighted by Gasteiger charge is -2.05. The van der Waals surface area contributed by atoms with Crippen molar-refractivity contribution in [2.45, 2.75) is 26.4 Å². The molecular weight excluding hydrogens is 286 g/mol. The molecule has 0 bridgehead atoms. The molecule has 0 aromatic heterocycles. The summed E-state index contributed by atoms with van der Waals surface area (Å²) in [5.74, 6) is -1.70. The van der Waals surface area contributed by atoms with Gasteiger partial charge < -0.3 is 20.3 Å². The maximum Gasteiger partial charge on any atom is 0.330 e. The number of carbonyl (C=O) groups is 2. The van der Waals surface area contributed by atoms with Crippen molar-refractivity contribution >= 4 is 17.6 Å². The van der Waals surface area contributed by atoms with E-state index in [1.165, 1.54) is 0 Å². The Morgan fingerprint density at radius 2 is 2.00 bits per heavy atom. The van der Waals surface area contributed by atoms with Crippen molar-refractivity contribution in [3.63, 3.8) is 0 Å². The molecule has 1 aliphatic rings. The lowest BCUT2D eigenvalue weighted by molar-refractivity contribution is -0.135. The summed E-state index contributed by atoms with van der Waals surface area (Å²) in [5, 5.41) is 19.6. The second kappa shape index (κ2) is 8.84. The average molecular weight is 307 g/mol. The fraction of sp³-hybridized carbons (Fsp3) is 0.375. The minimum Gasteiger partial charge on any atom is -0.480 e. The van der Waals surface area contributed by atoms with E-state index in [-0.39, 0.29) is 12.6 Å². The lowest BCUT2D eigenvalue weighted by atomic mass is 10.2. The zero-order chi connectivity index (χ0) is 16.5. The van der Waals surface area contributed by atoms with Crippen molar-refractivity contribution in [3.8, 4) is 0 Å². The van der Waals surface area contributed by atoms with Gasteiger partial charge in [-0.1, -0.05) is 24.3 Å². The molecule has 120 valence electrons. The van der Waals surface area contributed by atoms with E-state index in [4.69, 9.17) is 14.9 Å². The average Bonchev–Trinajstić information content (AvgIpc) is 3.28. The molecule has 0 radical (unpaired) electrons. The Kier molecular flexibility index (Phi) is 7.12. The van der Waals surface area contributed by atoms with Crippen LogP contribution in [0.5, 0.6) is 0 Å². The fourth-order valence-electron chi connectivity index (χ4n) is 1.54. The molecule has 0 amide bonds. The number of ether oxygens (including phenoxy) is 1. The lowest BCUT2D eigenvalue weighted by Crippen LogP contribution is -2.12. The van der Waals surface area contributed by atoms with Gasteiger partial charge >= 0.3 is 11.9 Å². The molecular formula is C16H21NO5. The molecule has 1 aromatic rings. The highest BCUT2D eigenvalue weighted by Crippen LogP contribution is 2.14. The van der Waals surface area contributed by atoms with Gasteiger partial charge in [-0.05, 0) is 31.9 Å². The first-order valence-corrected chi connectivity index (χ1v) is 6.93. The van der Waals surface area contributed by atoms with Crippen LogP contribution in [0, 0.1) is 6.92 Å². The highest BCUT2D eigenvalue weighted by molar-refractivity contribution is 5.85. The summed E-state index contributed by atoms with van der Waals surface area (Å²) >= 11 is 0. The predicted molar refractivity (Wildman–Crippen MR) is 83.1 cm³/mol. The van der Waals surface area contributed by atoms with Crippen molar-refractivity contribution in [2.75, 3.05) is 18.5 Å². The first-order chi connectivity index (χ1) is 10.4. The molecule has 0 saturated carbocycles. The van der Waals surface area contributed by atoms with Crippen LogP contribution in [-0.4, -0.2) is 41.4 Å².